The third-order valence-corrected chi connectivity index (χ3v) is 4.00. The fourth-order valence-corrected chi connectivity index (χ4v) is 2.69. The van der Waals surface area contributed by atoms with Gasteiger partial charge in [-0.2, -0.15) is 0 Å². The number of benzene rings is 2. The molecule has 3 nitrogen and oxygen atoms in total. The zero-order chi connectivity index (χ0) is 14.4. The first kappa shape index (κ1) is 12.1. The van der Waals surface area contributed by atoms with E-state index in [-0.39, 0.29) is 0 Å². The van der Waals surface area contributed by atoms with Gasteiger partial charge in [-0.3, -0.25) is 4.98 Å². The topological polar surface area (TPSA) is 41.6 Å². The van der Waals surface area contributed by atoms with Crippen molar-refractivity contribution in [2.75, 3.05) is 0 Å². The summed E-state index contributed by atoms with van der Waals surface area (Å²) in [5.74, 6) is 0.826. The number of fused-ring (bicyclic) bond motifs is 2. The lowest BCUT2D eigenvalue weighted by molar-refractivity contribution is 1.26. The van der Waals surface area contributed by atoms with E-state index in [1.54, 1.807) is 0 Å². The Morgan fingerprint density at radius 1 is 0.952 bits per heavy atom. The summed E-state index contributed by atoms with van der Waals surface area (Å²) in [4.78, 5) is 12.6. The molecule has 0 fully saturated rings. The smallest absolute Gasteiger partial charge is 0.157 e. The molecule has 4 aromatic rings. The number of nitrogens with zero attached hydrogens (tertiary/aromatic N) is 2. The molecule has 3 heteroatoms. The first-order chi connectivity index (χ1) is 10.2. The van der Waals surface area contributed by atoms with Crippen LogP contribution in [0.3, 0.4) is 0 Å². The van der Waals surface area contributed by atoms with Crippen molar-refractivity contribution in [2.45, 2.75) is 13.8 Å². The number of aryl methyl sites for hydroxylation is 2. The zero-order valence-electron chi connectivity index (χ0n) is 12.0. The van der Waals surface area contributed by atoms with Crippen LogP contribution in [0.5, 0.6) is 0 Å². The highest BCUT2D eigenvalue weighted by molar-refractivity contribution is 5.94. The molecule has 2 heterocycles. The van der Waals surface area contributed by atoms with E-state index in [4.69, 9.17) is 4.98 Å². The molecule has 0 saturated heterocycles. The molecule has 0 aliphatic carbocycles. The number of H-pyrrole nitrogens is 1. The lowest BCUT2D eigenvalue weighted by atomic mass is 10.1. The van der Waals surface area contributed by atoms with Crippen LogP contribution in [-0.2, 0) is 0 Å². The zero-order valence-corrected chi connectivity index (χ0v) is 12.0. The van der Waals surface area contributed by atoms with Gasteiger partial charge in [-0.25, -0.2) is 4.98 Å². The van der Waals surface area contributed by atoms with Crippen LogP contribution in [0, 0.1) is 13.8 Å². The second kappa shape index (κ2) is 4.42. The second-order valence-corrected chi connectivity index (χ2v) is 5.42. The van der Waals surface area contributed by atoms with Crippen LogP contribution in [0.4, 0.5) is 0 Å². The summed E-state index contributed by atoms with van der Waals surface area (Å²) < 4.78 is 0. The Morgan fingerprint density at radius 3 is 2.67 bits per heavy atom. The van der Waals surface area contributed by atoms with E-state index < -0.39 is 0 Å². The highest BCUT2D eigenvalue weighted by Crippen LogP contribution is 2.27. The van der Waals surface area contributed by atoms with Crippen molar-refractivity contribution in [1.29, 1.82) is 0 Å². The standard InChI is InChI=1S/C18H15N3/c1-11-9-15-16(10-12(11)2)21-18(20-15)17-14-6-4-3-5-13(14)7-8-19-17/h3-10H,1-2H3,(H,20,21). The number of imidazole rings is 1. The third kappa shape index (κ3) is 1.89. The van der Waals surface area contributed by atoms with Gasteiger partial charge < -0.3 is 4.98 Å². The van der Waals surface area contributed by atoms with Crippen molar-refractivity contribution in [2.24, 2.45) is 0 Å². The maximum Gasteiger partial charge on any atom is 0.157 e. The van der Waals surface area contributed by atoms with E-state index in [2.05, 4.69) is 48.1 Å². The summed E-state index contributed by atoms with van der Waals surface area (Å²) in [7, 11) is 0. The first-order valence-corrected chi connectivity index (χ1v) is 7.03. The van der Waals surface area contributed by atoms with Gasteiger partial charge in [-0.05, 0) is 48.6 Å². The Bertz CT molecular complexity index is 922. The van der Waals surface area contributed by atoms with E-state index in [0.717, 1.165) is 27.9 Å². The SMILES string of the molecule is Cc1cc2nc(-c3nccc4ccccc34)[nH]c2cc1C. The van der Waals surface area contributed by atoms with E-state index in [9.17, 15) is 0 Å². The molecule has 4 rings (SSSR count). The Morgan fingerprint density at radius 2 is 1.76 bits per heavy atom. The van der Waals surface area contributed by atoms with Crippen molar-refractivity contribution < 1.29 is 0 Å². The van der Waals surface area contributed by atoms with Crippen molar-refractivity contribution >= 4 is 21.8 Å². The minimum Gasteiger partial charge on any atom is -0.337 e. The maximum absolute atomic E-state index is 4.72. The van der Waals surface area contributed by atoms with Crippen LogP contribution in [0.2, 0.25) is 0 Å². The molecule has 1 N–H and O–H groups in total. The fraction of sp³-hybridized carbons (Fsp3) is 0.111. The maximum atomic E-state index is 4.72. The van der Waals surface area contributed by atoms with Gasteiger partial charge in [-0.15, -0.1) is 0 Å². The number of aromatic nitrogens is 3. The van der Waals surface area contributed by atoms with Crippen molar-refractivity contribution in [3.63, 3.8) is 0 Å². The van der Waals surface area contributed by atoms with E-state index in [1.165, 1.54) is 16.5 Å². The predicted molar refractivity (Wildman–Crippen MR) is 86.3 cm³/mol. The quantitative estimate of drug-likeness (QED) is 0.558. The average Bonchev–Trinajstić information content (AvgIpc) is 2.90. The van der Waals surface area contributed by atoms with Crippen molar-refractivity contribution in [3.05, 3.63) is 59.8 Å². The van der Waals surface area contributed by atoms with Crippen LogP contribution in [0.15, 0.2) is 48.7 Å². The summed E-state index contributed by atoms with van der Waals surface area (Å²) in [6.07, 6.45) is 1.83. The number of aromatic amines is 1. The molecule has 102 valence electrons. The van der Waals surface area contributed by atoms with E-state index in [1.807, 2.05) is 24.4 Å². The lowest BCUT2D eigenvalue weighted by Crippen LogP contribution is -1.87. The minimum absolute atomic E-state index is 0.826. The summed E-state index contributed by atoms with van der Waals surface area (Å²) in [6, 6.07) is 14.5. The molecule has 0 saturated carbocycles. The van der Waals surface area contributed by atoms with Crippen LogP contribution in [-0.4, -0.2) is 15.0 Å². The van der Waals surface area contributed by atoms with Gasteiger partial charge in [-0.1, -0.05) is 24.3 Å². The number of hydrogen-bond acceptors (Lipinski definition) is 2. The van der Waals surface area contributed by atoms with Gasteiger partial charge in [0.25, 0.3) is 0 Å². The summed E-state index contributed by atoms with van der Waals surface area (Å²) in [5.41, 5.74) is 5.47. The molecule has 0 unspecified atom stereocenters. The predicted octanol–water partition coefficient (Wildman–Crippen LogP) is 4.39. The van der Waals surface area contributed by atoms with Crippen LogP contribution >= 0.6 is 0 Å². The lowest BCUT2D eigenvalue weighted by Gasteiger charge is -2.01. The highest BCUT2D eigenvalue weighted by atomic mass is 14.9. The van der Waals surface area contributed by atoms with Gasteiger partial charge in [0.05, 0.1) is 11.0 Å². The Balaban J connectivity index is 2.00. The molecular weight excluding hydrogens is 258 g/mol. The molecule has 0 aliphatic rings. The molecule has 0 bridgehead atoms. The van der Waals surface area contributed by atoms with Crippen molar-refractivity contribution in [1.82, 2.24) is 15.0 Å². The van der Waals surface area contributed by atoms with Crippen LogP contribution in [0.1, 0.15) is 11.1 Å². The van der Waals surface area contributed by atoms with Gasteiger partial charge in [0.1, 0.15) is 5.69 Å². The van der Waals surface area contributed by atoms with Gasteiger partial charge in [0, 0.05) is 11.6 Å². The monoisotopic (exact) mass is 273 g/mol. The largest absolute Gasteiger partial charge is 0.337 e. The Labute approximate surface area is 122 Å². The molecule has 0 spiro atoms. The van der Waals surface area contributed by atoms with Crippen LogP contribution in [0.25, 0.3) is 33.3 Å². The molecule has 2 aromatic carbocycles. The molecular formula is C18H15N3. The summed E-state index contributed by atoms with van der Waals surface area (Å²) in [6.45, 7) is 4.23. The molecule has 21 heavy (non-hydrogen) atoms. The number of rotatable bonds is 1. The molecule has 2 aromatic heterocycles. The number of pyridine rings is 1. The van der Waals surface area contributed by atoms with Crippen LogP contribution < -0.4 is 0 Å². The van der Waals surface area contributed by atoms with Gasteiger partial charge in [0.15, 0.2) is 5.82 Å². The van der Waals surface area contributed by atoms with E-state index >= 15 is 0 Å². The highest BCUT2D eigenvalue weighted by Gasteiger charge is 2.10. The molecule has 0 amide bonds. The normalized spacial score (nSPS) is 11.3. The first-order valence-electron chi connectivity index (χ1n) is 7.03. The molecule has 0 aliphatic heterocycles. The number of hydrogen-bond donors (Lipinski definition) is 1. The summed E-state index contributed by atoms with van der Waals surface area (Å²) in [5, 5.41) is 2.29. The Hall–Kier alpha value is -2.68. The Kier molecular flexibility index (Phi) is 2.54. The fourth-order valence-electron chi connectivity index (χ4n) is 2.69. The third-order valence-electron chi connectivity index (χ3n) is 4.00. The van der Waals surface area contributed by atoms with Gasteiger partial charge in [0.2, 0.25) is 0 Å². The number of nitrogens with one attached hydrogen (secondary N) is 1. The average molecular weight is 273 g/mol. The van der Waals surface area contributed by atoms with E-state index in [0.29, 0.717) is 0 Å². The summed E-state index contributed by atoms with van der Waals surface area (Å²) >= 11 is 0. The second-order valence-electron chi connectivity index (χ2n) is 5.42. The minimum atomic E-state index is 0.826. The van der Waals surface area contributed by atoms with Crippen molar-refractivity contribution in [3.8, 4) is 11.5 Å². The molecule has 0 radical (unpaired) electrons. The molecule has 0 atom stereocenters. The van der Waals surface area contributed by atoms with Gasteiger partial charge >= 0.3 is 0 Å².